The van der Waals surface area contributed by atoms with Gasteiger partial charge in [-0.15, -0.1) is 0 Å². The van der Waals surface area contributed by atoms with Gasteiger partial charge in [0.2, 0.25) is 0 Å². The van der Waals surface area contributed by atoms with E-state index in [0.29, 0.717) is 0 Å². The van der Waals surface area contributed by atoms with Crippen LogP contribution in [0.25, 0.3) is 6.08 Å². The number of halogens is 2. The van der Waals surface area contributed by atoms with E-state index in [2.05, 4.69) is 41.8 Å². The SMILES string of the molecule is BrC(Br)=Cc1cnc[nH]1. The molecular weight excluding hydrogens is 248 g/mol. The topological polar surface area (TPSA) is 28.7 Å². The van der Waals surface area contributed by atoms with Crippen molar-refractivity contribution in [1.82, 2.24) is 9.97 Å². The smallest absolute Gasteiger partial charge is 0.0924 e. The maximum Gasteiger partial charge on any atom is 0.0924 e. The summed E-state index contributed by atoms with van der Waals surface area (Å²) in [5.41, 5.74) is 0.971. The molecule has 48 valence electrons. The summed E-state index contributed by atoms with van der Waals surface area (Å²) in [6.45, 7) is 0. The van der Waals surface area contributed by atoms with Gasteiger partial charge in [0.25, 0.3) is 0 Å². The van der Waals surface area contributed by atoms with Crippen molar-refractivity contribution in [3.8, 4) is 0 Å². The van der Waals surface area contributed by atoms with Crippen LogP contribution >= 0.6 is 31.9 Å². The molecule has 9 heavy (non-hydrogen) atoms. The fourth-order valence-electron chi connectivity index (χ4n) is 0.463. The van der Waals surface area contributed by atoms with Crippen LogP contribution in [-0.4, -0.2) is 9.97 Å². The molecule has 0 aromatic carbocycles. The molecule has 1 aromatic heterocycles. The van der Waals surface area contributed by atoms with Gasteiger partial charge in [0.1, 0.15) is 0 Å². The maximum absolute atomic E-state index is 3.83. The summed E-state index contributed by atoms with van der Waals surface area (Å²) < 4.78 is 0.902. The molecule has 0 aliphatic rings. The van der Waals surface area contributed by atoms with Gasteiger partial charge in [-0.25, -0.2) is 4.98 Å². The van der Waals surface area contributed by atoms with Crippen molar-refractivity contribution >= 4 is 37.9 Å². The minimum absolute atomic E-state index is 0.902. The Labute approximate surface area is 69.6 Å². The van der Waals surface area contributed by atoms with Gasteiger partial charge in [-0.2, -0.15) is 0 Å². The first-order chi connectivity index (χ1) is 4.29. The second-order valence-corrected chi connectivity index (χ2v) is 4.21. The zero-order chi connectivity index (χ0) is 6.69. The van der Waals surface area contributed by atoms with E-state index in [1.807, 2.05) is 6.08 Å². The molecular formula is C5H4Br2N2. The molecule has 0 saturated heterocycles. The molecule has 0 amide bonds. The van der Waals surface area contributed by atoms with E-state index in [1.54, 1.807) is 12.5 Å². The lowest BCUT2D eigenvalue weighted by Crippen LogP contribution is -1.65. The molecule has 1 aromatic rings. The molecule has 0 atom stereocenters. The number of hydrogen-bond donors (Lipinski definition) is 1. The molecule has 0 fully saturated rings. The predicted octanol–water partition coefficient (Wildman–Crippen LogP) is 2.50. The molecule has 4 heteroatoms. The second kappa shape index (κ2) is 3.17. The number of imidazole rings is 1. The van der Waals surface area contributed by atoms with Crippen molar-refractivity contribution < 1.29 is 0 Å². The Balaban J connectivity index is 2.80. The fourth-order valence-corrected chi connectivity index (χ4v) is 0.956. The largest absolute Gasteiger partial charge is 0.345 e. The van der Waals surface area contributed by atoms with Crippen LogP contribution in [0.4, 0.5) is 0 Å². The van der Waals surface area contributed by atoms with Gasteiger partial charge in [0.15, 0.2) is 0 Å². The Morgan fingerprint density at radius 3 is 2.89 bits per heavy atom. The average Bonchev–Trinajstić information content (AvgIpc) is 2.15. The van der Waals surface area contributed by atoms with Crippen LogP contribution < -0.4 is 0 Å². The molecule has 1 rings (SSSR count). The Morgan fingerprint density at radius 2 is 2.44 bits per heavy atom. The Bertz CT molecular complexity index is 199. The summed E-state index contributed by atoms with van der Waals surface area (Å²) in [5, 5.41) is 0. The van der Waals surface area contributed by atoms with Gasteiger partial charge in [-0.3, -0.25) is 0 Å². The maximum atomic E-state index is 3.83. The lowest BCUT2D eigenvalue weighted by molar-refractivity contribution is 1.31. The van der Waals surface area contributed by atoms with E-state index in [-0.39, 0.29) is 0 Å². The van der Waals surface area contributed by atoms with Crippen LogP contribution in [0.2, 0.25) is 0 Å². The number of rotatable bonds is 1. The fraction of sp³-hybridized carbons (Fsp3) is 0. The van der Waals surface area contributed by atoms with E-state index in [4.69, 9.17) is 0 Å². The van der Waals surface area contributed by atoms with E-state index in [9.17, 15) is 0 Å². The molecule has 0 unspecified atom stereocenters. The van der Waals surface area contributed by atoms with Crippen LogP contribution in [-0.2, 0) is 0 Å². The van der Waals surface area contributed by atoms with Crippen LogP contribution in [0.15, 0.2) is 15.9 Å². The molecule has 1 heterocycles. The van der Waals surface area contributed by atoms with Crippen LogP contribution in [0, 0.1) is 0 Å². The zero-order valence-corrected chi connectivity index (χ0v) is 7.61. The Morgan fingerprint density at radius 1 is 1.67 bits per heavy atom. The average molecular weight is 252 g/mol. The summed E-state index contributed by atoms with van der Waals surface area (Å²) in [6.07, 6.45) is 5.25. The number of nitrogens with one attached hydrogen (secondary N) is 1. The first kappa shape index (κ1) is 7.02. The number of aromatic amines is 1. The molecule has 2 nitrogen and oxygen atoms in total. The van der Waals surface area contributed by atoms with E-state index in [1.165, 1.54) is 0 Å². The van der Waals surface area contributed by atoms with Gasteiger partial charge in [0.05, 0.1) is 21.6 Å². The first-order valence-electron chi connectivity index (χ1n) is 2.30. The highest BCUT2D eigenvalue weighted by molar-refractivity contribution is 9.28. The van der Waals surface area contributed by atoms with Gasteiger partial charge in [-0.05, 0) is 37.9 Å². The summed E-state index contributed by atoms with van der Waals surface area (Å²) in [4.78, 5) is 6.75. The van der Waals surface area contributed by atoms with Crippen LogP contribution in [0.1, 0.15) is 5.69 Å². The molecule has 0 aliphatic carbocycles. The second-order valence-electron chi connectivity index (χ2n) is 1.44. The number of aromatic nitrogens is 2. The van der Waals surface area contributed by atoms with E-state index < -0.39 is 0 Å². The highest BCUT2D eigenvalue weighted by atomic mass is 79.9. The number of nitrogens with zero attached hydrogens (tertiary/aromatic N) is 1. The van der Waals surface area contributed by atoms with Crippen molar-refractivity contribution in [2.75, 3.05) is 0 Å². The predicted molar refractivity (Wildman–Crippen MR) is 44.4 cm³/mol. The number of hydrogen-bond acceptors (Lipinski definition) is 1. The lowest BCUT2D eigenvalue weighted by atomic mass is 10.5. The molecule has 0 spiro atoms. The molecule has 0 saturated carbocycles. The highest BCUT2D eigenvalue weighted by Gasteiger charge is 1.86. The van der Waals surface area contributed by atoms with Crippen molar-refractivity contribution in [2.24, 2.45) is 0 Å². The quantitative estimate of drug-likeness (QED) is 0.817. The summed E-state index contributed by atoms with van der Waals surface area (Å²) in [6, 6.07) is 0. The highest BCUT2D eigenvalue weighted by Crippen LogP contribution is 2.15. The molecule has 0 aliphatic heterocycles. The third-order valence-corrected chi connectivity index (χ3v) is 1.24. The van der Waals surface area contributed by atoms with Crippen molar-refractivity contribution in [3.63, 3.8) is 0 Å². The van der Waals surface area contributed by atoms with Crippen LogP contribution in [0.5, 0.6) is 0 Å². The minimum atomic E-state index is 0.902. The van der Waals surface area contributed by atoms with Gasteiger partial charge in [-0.1, -0.05) is 0 Å². The van der Waals surface area contributed by atoms with E-state index in [0.717, 1.165) is 9.09 Å². The van der Waals surface area contributed by atoms with E-state index >= 15 is 0 Å². The summed E-state index contributed by atoms with van der Waals surface area (Å²) in [7, 11) is 0. The van der Waals surface area contributed by atoms with Gasteiger partial charge >= 0.3 is 0 Å². The van der Waals surface area contributed by atoms with Crippen molar-refractivity contribution in [2.45, 2.75) is 0 Å². The lowest BCUT2D eigenvalue weighted by Gasteiger charge is -1.81. The summed E-state index contributed by atoms with van der Waals surface area (Å²) >= 11 is 6.45. The van der Waals surface area contributed by atoms with Gasteiger partial charge in [0, 0.05) is 0 Å². The minimum Gasteiger partial charge on any atom is -0.345 e. The summed E-state index contributed by atoms with van der Waals surface area (Å²) in [5.74, 6) is 0. The third-order valence-electron chi connectivity index (χ3n) is 0.784. The molecule has 0 bridgehead atoms. The van der Waals surface area contributed by atoms with Crippen molar-refractivity contribution in [1.29, 1.82) is 0 Å². The van der Waals surface area contributed by atoms with Gasteiger partial charge < -0.3 is 4.98 Å². The first-order valence-corrected chi connectivity index (χ1v) is 3.89. The Kier molecular flexibility index (Phi) is 2.48. The van der Waals surface area contributed by atoms with Crippen molar-refractivity contribution in [3.05, 3.63) is 21.6 Å². The van der Waals surface area contributed by atoms with Crippen LogP contribution in [0.3, 0.4) is 0 Å². The molecule has 0 radical (unpaired) electrons. The number of H-pyrrole nitrogens is 1. The standard InChI is InChI=1S/C5H4Br2N2/c6-5(7)1-4-2-8-3-9-4/h1-3H,(H,8,9). The monoisotopic (exact) mass is 250 g/mol. The Hall–Kier alpha value is -0.0900. The zero-order valence-electron chi connectivity index (χ0n) is 4.44. The normalized spacial score (nSPS) is 9.11. The third kappa shape index (κ3) is 2.32. The molecule has 1 N–H and O–H groups in total.